The first-order valence-corrected chi connectivity index (χ1v) is 6.69. The summed E-state index contributed by atoms with van der Waals surface area (Å²) >= 11 is 0. The number of nitrogens with zero attached hydrogens (tertiary/aromatic N) is 4. The smallest absolute Gasteiger partial charge is 0.228 e. The van der Waals surface area contributed by atoms with Gasteiger partial charge in [-0.05, 0) is 31.4 Å². The van der Waals surface area contributed by atoms with Crippen molar-refractivity contribution in [2.24, 2.45) is 5.92 Å². The molecule has 6 nitrogen and oxygen atoms in total. The lowest BCUT2D eigenvalue weighted by Crippen LogP contribution is -2.33. The van der Waals surface area contributed by atoms with Crippen molar-refractivity contribution in [3.8, 4) is 11.5 Å². The lowest BCUT2D eigenvalue weighted by molar-refractivity contribution is 0.348. The van der Waals surface area contributed by atoms with Crippen LogP contribution in [0.3, 0.4) is 0 Å². The molecule has 0 bridgehead atoms. The zero-order valence-corrected chi connectivity index (χ0v) is 10.9. The van der Waals surface area contributed by atoms with Crippen molar-refractivity contribution < 1.29 is 4.52 Å². The average Bonchev–Trinajstić information content (AvgIpc) is 3.19. The van der Waals surface area contributed by atoms with E-state index in [1.807, 2.05) is 0 Å². The average molecular weight is 259 g/mol. The van der Waals surface area contributed by atoms with Gasteiger partial charge >= 0.3 is 0 Å². The fourth-order valence-corrected chi connectivity index (χ4v) is 2.22. The van der Waals surface area contributed by atoms with Gasteiger partial charge in [-0.1, -0.05) is 12.1 Å². The Morgan fingerprint density at radius 3 is 3.05 bits per heavy atom. The topological polar surface area (TPSA) is 76.7 Å². The molecule has 0 spiro atoms. The minimum absolute atomic E-state index is 0.448. The summed E-state index contributed by atoms with van der Waals surface area (Å²) in [4.78, 5) is 12.4. The first kappa shape index (κ1) is 12.2. The summed E-state index contributed by atoms with van der Waals surface area (Å²) in [6.07, 6.45) is 6.53. The van der Waals surface area contributed by atoms with Crippen LogP contribution in [0.4, 0.5) is 0 Å². The van der Waals surface area contributed by atoms with Crippen LogP contribution in [0, 0.1) is 5.92 Å². The number of rotatable bonds is 6. The second-order valence-electron chi connectivity index (χ2n) is 4.81. The van der Waals surface area contributed by atoms with Crippen molar-refractivity contribution >= 4 is 0 Å². The van der Waals surface area contributed by atoms with E-state index in [9.17, 15) is 0 Å². The Balaban J connectivity index is 1.70. The van der Waals surface area contributed by atoms with Crippen LogP contribution >= 0.6 is 0 Å². The van der Waals surface area contributed by atoms with Crippen LogP contribution in [0.2, 0.25) is 0 Å². The Hall–Kier alpha value is -1.82. The Morgan fingerprint density at radius 2 is 2.37 bits per heavy atom. The third-order valence-electron chi connectivity index (χ3n) is 3.33. The molecule has 1 fully saturated rings. The van der Waals surface area contributed by atoms with E-state index in [1.54, 1.807) is 12.3 Å². The Labute approximate surface area is 111 Å². The molecular formula is C13H17N5O. The zero-order chi connectivity index (χ0) is 13.1. The van der Waals surface area contributed by atoms with Gasteiger partial charge in [-0.2, -0.15) is 4.98 Å². The highest BCUT2D eigenvalue weighted by Gasteiger charge is 2.31. The molecule has 1 N–H and O–H groups in total. The van der Waals surface area contributed by atoms with Gasteiger partial charge in [0, 0.05) is 18.7 Å². The van der Waals surface area contributed by atoms with Crippen molar-refractivity contribution in [3.63, 3.8) is 0 Å². The second kappa shape index (κ2) is 5.44. The molecule has 100 valence electrons. The molecule has 0 saturated heterocycles. The van der Waals surface area contributed by atoms with Gasteiger partial charge in [-0.15, -0.1) is 0 Å². The molecule has 1 aliphatic carbocycles. The van der Waals surface area contributed by atoms with Crippen LogP contribution in [-0.4, -0.2) is 32.7 Å². The molecule has 0 amide bonds. The van der Waals surface area contributed by atoms with Gasteiger partial charge in [0.15, 0.2) is 0 Å². The summed E-state index contributed by atoms with van der Waals surface area (Å²) in [5.41, 5.74) is 0.691. The van der Waals surface area contributed by atoms with Crippen molar-refractivity contribution in [1.29, 1.82) is 0 Å². The van der Waals surface area contributed by atoms with Gasteiger partial charge in [0.2, 0.25) is 11.7 Å². The maximum atomic E-state index is 5.31. The van der Waals surface area contributed by atoms with Crippen LogP contribution in [0.25, 0.3) is 11.5 Å². The van der Waals surface area contributed by atoms with E-state index < -0.39 is 0 Å². The Bertz CT molecular complexity index is 523. The minimum Gasteiger partial charge on any atom is -0.339 e. The SMILES string of the molecule is CCNC(Cc1nc(-c2ccncn2)no1)C1CC1. The number of nitrogens with one attached hydrogen (secondary N) is 1. The molecule has 1 saturated carbocycles. The number of hydrogen-bond acceptors (Lipinski definition) is 6. The lowest BCUT2D eigenvalue weighted by atomic mass is 10.1. The summed E-state index contributed by atoms with van der Waals surface area (Å²) < 4.78 is 5.31. The minimum atomic E-state index is 0.448. The predicted octanol–water partition coefficient (Wildman–Crippen LogP) is 1.46. The van der Waals surface area contributed by atoms with Crippen LogP contribution in [0.5, 0.6) is 0 Å². The maximum Gasteiger partial charge on any atom is 0.228 e. The van der Waals surface area contributed by atoms with Crippen LogP contribution in [0.1, 0.15) is 25.7 Å². The van der Waals surface area contributed by atoms with Crippen molar-refractivity contribution in [3.05, 3.63) is 24.5 Å². The highest BCUT2D eigenvalue weighted by molar-refractivity contribution is 5.46. The summed E-state index contributed by atoms with van der Waals surface area (Å²) in [7, 11) is 0. The van der Waals surface area contributed by atoms with Crippen LogP contribution in [-0.2, 0) is 6.42 Å². The van der Waals surface area contributed by atoms with E-state index in [-0.39, 0.29) is 0 Å². The molecule has 0 aromatic carbocycles. The number of hydrogen-bond donors (Lipinski definition) is 1. The molecular weight excluding hydrogens is 242 g/mol. The zero-order valence-electron chi connectivity index (χ0n) is 10.9. The molecule has 2 aromatic heterocycles. The quantitative estimate of drug-likeness (QED) is 0.846. The summed E-state index contributed by atoms with van der Waals surface area (Å²) in [5, 5.41) is 7.46. The van der Waals surface area contributed by atoms with Crippen molar-refractivity contribution in [2.75, 3.05) is 6.54 Å². The van der Waals surface area contributed by atoms with Crippen LogP contribution < -0.4 is 5.32 Å². The van der Waals surface area contributed by atoms with E-state index in [1.165, 1.54) is 19.2 Å². The molecule has 1 aliphatic rings. The number of likely N-dealkylation sites (N-methyl/N-ethyl adjacent to an activating group) is 1. The summed E-state index contributed by atoms with van der Waals surface area (Å²) in [5.74, 6) is 1.96. The maximum absolute atomic E-state index is 5.31. The molecule has 1 unspecified atom stereocenters. The number of aromatic nitrogens is 4. The Kier molecular flexibility index (Phi) is 3.50. The molecule has 3 rings (SSSR count). The van der Waals surface area contributed by atoms with Gasteiger partial charge in [-0.3, -0.25) is 0 Å². The second-order valence-corrected chi connectivity index (χ2v) is 4.81. The summed E-state index contributed by atoms with van der Waals surface area (Å²) in [6.45, 7) is 3.09. The molecule has 19 heavy (non-hydrogen) atoms. The normalized spacial score (nSPS) is 16.5. The monoisotopic (exact) mass is 259 g/mol. The van der Waals surface area contributed by atoms with Crippen LogP contribution in [0.15, 0.2) is 23.1 Å². The largest absolute Gasteiger partial charge is 0.339 e. The third kappa shape index (κ3) is 2.96. The highest BCUT2D eigenvalue weighted by atomic mass is 16.5. The molecule has 2 heterocycles. The highest BCUT2D eigenvalue weighted by Crippen LogP contribution is 2.34. The van der Waals surface area contributed by atoms with Gasteiger partial charge in [0.05, 0.1) is 0 Å². The van der Waals surface area contributed by atoms with E-state index in [0.717, 1.165) is 18.9 Å². The first-order valence-electron chi connectivity index (χ1n) is 6.69. The molecule has 6 heteroatoms. The van der Waals surface area contributed by atoms with E-state index in [4.69, 9.17) is 4.52 Å². The van der Waals surface area contributed by atoms with Crippen molar-refractivity contribution in [1.82, 2.24) is 25.4 Å². The Morgan fingerprint density at radius 1 is 1.47 bits per heavy atom. The predicted molar refractivity (Wildman–Crippen MR) is 69.2 cm³/mol. The summed E-state index contributed by atoms with van der Waals surface area (Å²) in [6, 6.07) is 2.22. The van der Waals surface area contributed by atoms with E-state index >= 15 is 0 Å². The van der Waals surface area contributed by atoms with Gasteiger partial charge < -0.3 is 9.84 Å². The molecule has 0 aliphatic heterocycles. The van der Waals surface area contributed by atoms with Gasteiger partial charge in [-0.25, -0.2) is 9.97 Å². The standard InChI is InChI=1S/C13H17N5O/c1-2-15-11(9-3-4-9)7-12-17-13(18-19-12)10-5-6-14-8-16-10/h5-6,8-9,11,15H,2-4,7H2,1H3. The van der Waals surface area contributed by atoms with E-state index in [2.05, 4.69) is 32.3 Å². The van der Waals surface area contributed by atoms with Gasteiger partial charge in [0.25, 0.3) is 0 Å². The fraction of sp³-hybridized carbons (Fsp3) is 0.538. The lowest BCUT2D eigenvalue weighted by Gasteiger charge is -2.14. The van der Waals surface area contributed by atoms with Crippen molar-refractivity contribution in [2.45, 2.75) is 32.2 Å². The fourth-order valence-electron chi connectivity index (χ4n) is 2.22. The molecule has 2 aromatic rings. The first-order chi connectivity index (χ1) is 9.36. The molecule has 0 radical (unpaired) electrons. The third-order valence-corrected chi connectivity index (χ3v) is 3.33. The van der Waals surface area contributed by atoms with E-state index in [0.29, 0.717) is 23.5 Å². The molecule has 1 atom stereocenters. The van der Waals surface area contributed by atoms with Gasteiger partial charge in [0.1, 0.15) is 12.0 Å².